The van der Waals surface area contributed by atoms with Crippen LogP contribution in [0.25, 0.3) is 11.6 Å². The van der Waals surface area contributed by atoms with E-state index >= 15 is 0 Å². The van der Waals surface area contributed by atoms with E-state index in [-0.39, 0.29) is 0 Å². The fourth-order valence-corrected chi connectivity index (χ4v) is 2.13. The molecule has 0 saturated carbocycles. The van der Waals surface area contributed by atoms with Crippen molar-refractivity contribution in [1.29, 1.82) is 0 Å². The van der Waals surface area contributed by atoms with E-state index < -0.39 is 0 Å². The van der Waals surface area contributed by atoms with E-state index in [0.29, 0.717) is 17.8 Å². The Labute approximate surface area is 123 Å². The lowest BCUT2D eigenvalue weighted by molar-refractivity contribution is 0.518. The number of hydrogen-bond acceptors (Lipinski definition) is 1. The molecule has 1 aromatic heterocycles. The molecular formula is C18H28N2. The average molecular weight is 272 g/mol. The number of nitrogens with one attached hydrogen (secondary N) is 1. The highest BCUT2D eigenvalue weighted by molar-refractivity contribution is 5.74. The van der Waals surface area contributed by atoms with Crippen LogP contribution in [0.5, 0.6) is 0 Å². The molecule has 1 N–H and O–H groups in total. The smallest absolute Gasteiger partial charge is 0.0926 e. The number of allylic oxidation sites excluding steroid dienone is 4. The molecule has 1 unspecified atom stereocenters. The molecule has 0 fully saturated rings. The Hall–Kier alpha value is -1.57. The first kappa shape index (κ1) is 16.5. The molecule has 2 nitrogen and oxygen atoms in total. The predicted molar refractivity (Wildman–Crippen MR) is 89.6 cm³/mol. The summed E-state index contributed by atoms with van der Waals surface area (Å²) in [5, 5.41) is 7.65. The maximum absolute atomic E-state index is 4.47. The van der Waals surface area contributed by atoms with Crippen LogP contribution in [0.3, 0.4) is 0 Å². The largest absolute Gasteiger partial charge is 0.281 e. The van der Waals surface area contributed by atoms with E-state index in [1.54, 1.807) is 0 Å². The van der Waals surface area contributed by atoms with Crippen LogP contribution in [0.1, 0.15) is 64.4 Å². The van der Waals surface area contributed by atoms with E-state index in [4.69, 9.17) is 0 Å². The lowest BCUT2D eigenvalue weighted by Gasteiger charge is -2.20. The highest BCUT2D eigenvalue weighted by Crippen LogP contribution is 2.34. The third-order valence-electron chi connectivity index (χ3n) is 3.83. The molecule has 0 aliphatic heterocycles. The minimum atomic E-state index is 0.414. The Morgan fingerprint density at radius 3 is 2.30 bits per heavy atom. The van der Waals surface area contributed by atoms with Gasteiger partial charge in [-0.1, -0.05) is 59.4 Å². The van der Waals surface area contributed by atoms with Crippen LogP contribution in [0.4, 0.5) is 0 Å². The molecule has 2 heteroatoms. The van der Waals surface area contributed by atoms with Crippen molar-refractivity contribution in [1.82, 2.24) is 10.2 Å². The zero-order valence-electron chi connectivity index (χ0n) is 13.7. The zero-order valence-corrected chi connectivity index (χ0v) is 13.7. The van der Waals surface area contributed by atoms with Gasteiger partial charge in [0.2, 0.25) is 0 Å². The lowest BCUT2D eigenvalue weighted by atomic mass is 9.84. The summed E-state index contributed by atoms with van der Waals surface area (Å²) in [6.45, 7) is 17.4. The van der Waals surface area contributed by atoms with Gasteiger partial charge < -0.3 is 0 Å². The molecule has 1 rings (SSSR count). The summed E-state index contributed by atoms with van der Waals surface area (Å²) in [4.78, 5) is 0. The normalized spacial score (nSPS) is 14.0. The summed E-state index contributed by atoms with van der Waals surface area (Å²) in [5.74, 6) is 1.43. The van der Waals surface area contributed by atoms with Crippen molar-refractivity contribution in [2.75, 3.05) is 0 Å². The van der Waals surface area contributed by atoms with E-state index in [1.807, 2.05) is 25.2 Å². The SMILES string of the molecule is C=C(c1c(C=CC=CC)n[nH]c1C(C)C)C(C)C(C)C. The zero-order chi connectivity index (χ0) is 15.3. The quantitative estimate of drug-likeness (QED) is 0.687. The predicted octanol–water partition coefficient (Wildman–Crippen LogP) is 5.43. The third-order valence-corrected chi connectivity index (χ3v) is 3.83. The fourth-order valence-electron chi connectivity index (χ4n) is 2.13. The van der Waals surface area contributed by atoms with Crippen LogP contribution in [0.2, 0.25) is 0 Å². The molecular weight excluding hydrogens is 244 g/mol. The van der Waals surface area contributed by atoms with Gasteiger partial charge in [0.15, 0.2) is 0 Å². The van der Waals surface area contributed by atoms with E-state index in [2.05, 4.69) is 57.5 Å². The van der Waals surface area contributed by atoms with Gasteiger partial charge in [0.05, 0.1) is 5.69 Å². The number of H-pyrrole nitrogens is 1. The van der Waals surface area contributed by atoms with Crippen molar-refractivity contribution >= 4 is 11.6 Å². The lowest BCUT2D eigenvalue weighted by Crippen LogP contribution is -2.08. The molecule has 0 saturated heterocycles. The van der Waals surface area contributed by atoms with Crippen molar-refractivity contribution < 1.29 is 0 Å². The Morgan fingerprint density at radius 2 is 1.80 bits per heavy atom. The van der Waals surface area contributed by atoms with Gasteiger partial charge in [-0.25, -0.2) is 0 Å². The minimum Gasteiger partial charge on any atom is -0.281 e. The molecule has 0 amide bonds. The van der Waals surface area contributed by atoms with E-state index in [1.165, 1.54) is 16.8 Å². The van der Waals surface area contributed by atoms with Gasteiger partial charge >= 0.3 is 0 Å². The van der Waals surface area contributed by atoms with Crippen molar-refractivity contribution in [2.24, 2.45) is 11.8 Å². The first-order chi connectivity index (χ1) is 9.40. The second kappa shape index (κ2) is 7.28. The first-order valence-electron chi connectivity index (χ1n) is 7.46. The molecule has 1 aromatic rings. The summed E-state index contributed by atoms with van der Waals surface area (Å²) >= 11 is 0. The summed E-state index contributed by atoms with van der Waals surface area (Å²) in [6, 6.07) is 0. The summed E-state index contributed by atoms with van der Waals surface area (Å²) < 4.78 is 0. The van der Waals surface area contributed by atoms with Crippen LogP contribution in [0, 0.1) is 11.8 Å². The van der Waals surface area contributed by atoms with Crippen LogP contribution in [-0.4, -0.2) is 10.2 Å². The first-order valence-corrected chi connectivity index (χ1v) is 7.46. The highest BCUT2D eigenvalue weighted by atomic mass is 15.1. The van der Waals surface area contributed by atoms with Crippen LogP contribution < -0.4 is 0 Å². The van der Waals surface area contributed by atoms with Crippen LogP contribution in [0.15, 0.2) is 24.8 Å². The van der Waals surface area contributed by atoms with Gasteiger partial charge in [-0.3, -0.25) is 5.10 Å². The molecule has 0 spiro atoms. The number of hydrogen-bond donors (Lipinski definition) is 1. The molecule has 1 atom stereocenters. The second-order valence-electron chi connectivity index (χ2n) is 6.00. The Kier molecular flexibility index (Phi) is 6.00. The summed E-state index contributed by atoms with van der Waals surface area (Å²) in [5.41, 5.74) is 4.55. The molecule has 0 radical (unpaired) electrons. The van der Waals surface area contributed by atoms with Crippen molar-refractivity contribution in [3.63, 3.8) is 0 Å². The van der Waals surface area contributed by atoms with Crippen LogP contribution >= 0.6 is 0 Å². The highest BCUT2D eigenvalue weighted by Gasteiger charge is 2.21. The van der Waals surface area contributed by atoms with Gasteiger partial charge in [0, 0.05) is 11.3 Å². The molecule has 20 heavy (non-hydrogen) atoms. The van der Waals surface area contributed by atoms with Gasteiger partial charge in [-0.05, 0) is 36.3 Å². The molecule has 0 aromatic carbocycles. The average Bonchev–Trinajstić information content (AvgIpc) is 2.81. The van der Waals surface area contributed by atoms with Crippen molar-refractivity contribution in [2.45, 2.75) is 47.5 Å². The molecule has 0 aliphatic rings. The number of aromatic nitrogens is 2. The Morgan fingerprint density at radius 1 is 1.15 bits per heavy atom. The fraction of sp³-hybridized carbons (Fsp3) is 0.500. The number of nitrogens with zero attached hydrogens (tertiary/aromatic N) is 1. The maximum atomic E-state index is 4.47. The van der Waals surface area contributed by atoms with Crippen LogP contribution in [-0.2, 0) is 0 Å². The van der Waals surface area contributed by atoms with Crippen molar-refractivity contribution in [3.8, 4) is 0 Å². The Bertz CT molecular complexity index is 501. The van der Waals surface area contributed by atoms with E-state index in [9.17, 15) is 0 Å². The maximum Gasteiger partial charge on any atom is 0.0926 e. The molecule has 0 aliphatic carbocycles. The number of aromatic amines is 1. The van der Waals surface area contributed by atoms with Gasteiger partial charge in [0.1, 0.15) is 0 Å². The molecule has 110 valence electrons. The number of rotatable bonds is 6. The minimum absolute atomic E-state index is 0.414. The topological polar surface area (TPSA) is 28.7 Å². The third kappa shape index (κ3) is 3.72. The van der Waals surface area contributed by atoms with Gasteiger partial charge in [-0.2, -0.15) is 5.10 Å². The summed E-state index contributed by atoms with van der Waals surface area (Å²) in [6.07, 6.45) is 8.10. The summed E-state index contributed by atoms with van der Waals surface area (Å²) in [7, 11) is 0. The van der Waals surface area contributed by atoms with E-state index in [0.717, 1.165) is 5.69 Å². The monoisotopic (exact) mass is 272 g/mol. The molecule has 0 bridgehead atoms. The molecule has 1 heterocycles. The van der Waals surface area contributed by atoms with Crippen molar-refractivity contribution in [3.05, 3.63) is 41.8 Å². The van der Waals surface area contributed by atoms with Gasteiger partial charge in [0.25, 0.3) is 0 Å². The standard InChI is InChI=1S/C18H28N2/c1-8-9-10-11-16-17(15(7)14(6)12(2)3)18(13(4)5)20-19-16/h8-14H,7H2,1-6H3,(H,19,20). The Balaban J connectivity index is 3.25. The second-order valence-corrected chi connectivity index (χ2v) is 6.00. The van der Waals surface area contributed by atoms with Gasteiger partial charge in [-0.15, -0.1) is 0 Å².